The Bertz CT molecular complexity index is 854. The highest BCUT2D eigenvalue weighted by molar-refractivity contribution is 7.80. The van der Waals surface area contributed by atoms with Gasteiger partial charge in [0.15, 0.2) is 16.0 Å². The van der Waals surface area contributed by atoms with Crippen LogP contribution in [0.4, 0.5) is 13.2 Å². The predicted molar refractivity (Wildman–Crippen MR) is 127 cm³/mol. The van der Waals surface area contributed by atoms with Crippen LogP contribution in [-0.4, -0.2) is 59.4 Å². The summed E-state index contributed by atoms with van der Waals surface area (Å²) < 4.78 is 45.2. The first-order chi connectivity index (χ1) is 15.1. The van der Waals surface area contributed by atoms with Gasteiger partial charge in [-0.05, 0) is 69.8 Å². The zero-order valence-electron chi connectivity index (χ0n) is 18.2. The molecule has 1 aliphatic rings. The summed E-state index contributed by atoms with van der Waals surface area (Å²) in [5, 5.41) is 14.8. The molecule has 1 aliphatic heterocycles. The first kappa shape index (κ1) is 26.0. The van der Waals surface area contributed by atoms with Crippen LogP contribution in [0.5, 0.6) is 0 Å². The van der Waals surface area contributed by atoms with Gasteiger partial charge in [-0.25, -0.2) is 0 Å². The number of nitrogens with zero attached hydrogens (tertiary/aromatic N) is 3. The quantitative estimate of drug-likeness (QED) is 0.263. The molecule has 8 nitrogen and oxygen atoms in total. The van der Waals surface area contributed by atoms with Gasteiger partial charge >= 0.3 is 6.18 Å². The van der Waals surface area contributed by atoms with Crippen LogP contribution in [0.2, 0.25) is 0 Å². The smallest absolute Gasteiger partial charge is 0.393 e. The van der Waals surface area contributed by atoms with Gasteiger partial charge in [0.05, 0.1) is 18.2 Å². The largest absolute Gasteiger partial charge is 0.458 e. The van der Waals surface area contributed by atoms with Crippen molar-refractivity contribution in [3.63, 3.8) is 0 Å². The van der Waals surface area contributed by atoms with Crippen molar-refractivity contribution >= 4 is 46.1 Å². The summed E-state index contributed by atoms with van der Waals surface area (Å²) >= 11 is 10.2. The van der Waals surface area contributed by atoms with E-state index in [0.717, 1.165) is 0 Å². The summed E-state index contributed by atoms with van der Waals surface area (Å²) in [6.45, 7) is 5.10. The molecular formula is C19H28F3N7OS2. The number of likely N-dealkylation sites (tertiary alicyclic amines) is 1. The number of hydrogen-bond donors (Lipinski definition) is 4. The van der Waals surface area contributed by atoms with Gasteiger partial charge in [0.2, 0.25) is 0 Å². The van der Waals surface area contributed by atoms with Crippen molar-refractivity contribution in [3.05, 3.63) is 23.7 Å². The third-order valence-corrected chi connectivity index (χ3v) is 5.28. The summed E-state index contributed by atoms with van der Waals surface area (Å²) in [6.07, 6.45) is -3.52. The third kappa shape index (κ3) is 8.02. The minimum atomic E-state index is -4.18. The van der Waals surface area contributed by atoms with Crippen molar-refractivity contribution < 1.29 is 17.6 Å². The maximum Gasteiger partial charge on any atom is 0.393 e. The fourth-order valence-corrected chi connectivity index (χ4v) is 3.38. The van der Waals surface area contributed by atoms with Crippen LogP contribution in [0.3, 0.4) is 0 Å². The predicted octanol–water partition coefficient (Wildman–Crippen LogP) is 2.71. The molecule has 0 aliphatic carbocycles. The average molecular weight is 492 g/mol. The maximum absolute atomic E-state index is 13.1. The molecule has 1 unspecified atom stereocenters. The minimum absolute atomic E-state index is 0.0369. The van der Waals surface area contributed by atoms with Gasteiger partial charge in [0.1, 0.15) is 11.5 Å². The molecule has 0 saturated carbocycles. The average Bonchev–Trinajstić information content (AvgIpc) is 3.20. The molecular weight excluding hydrogens is 463 g/mol. The molecule has 0 bridgehead atoms. The van der Waals surface area contributed by atoms with E-state index in [4.69, 9.17) is 28.9 Å². The number of rotatable bonds is 7. The number of alkyl halides is 3. The second-order valence-corrected chi connectivity index (χ2v) is 8.02. The summed E-state index contributed by atoms with van der Waals surface area (Å²) in [5.41, 5.74) is 6.25. The van der Waals surface area contributed by atoms with Crippen LogP contribution < -0.4 is 21.5 Å². The highest BCUT2D eigenvalue weighted by atomic mass is 32.1. The number of hydrazone groups is 2. The zero-order chi connectivity index (χ0) is 23.7. The second kappa shape index (κ2) is 12.1. The van der Waals surface area contributed by atoms with Crippen LogP contribution in [-0.2, 0) is 6.54 Å². The lowest BCUT2D eigenvalue weighted by Gasteiger charge is -2.33. The van der Waals surface area contributed by atoms with Gasteiger partial charge in [-0.2, -0.15) is 23.4 Å². The Balaban J connectivity index is 2.16. The van der Waals surface area contributed by atoms with E-state index in [2.05, 4.69) is 31.7 Å². The van der Waals surface area contributed by atoms with Crippen LogP contribution in [0.25, 0.3) is 0 Å². The monoisotopic (exact) mass is 491 g/mol. The molecule has 4 N–H and O–H groups in total. The Labute approximate surface area is 196 Å². The normalized spacial score (nSPS) is 18.2. The minimum Gasteiger partial charge on any atom is -0.458 e. The van der Waals surface area contributed by atoms with E-state index >= 15 is 0 Å². The molecule has 2 rings (SSSR count). The van der Waals surface area contributed by atoms with Gasteiger partial charge in [0, 0.05) is 20.1 Å². The van der Waals surface area contributed by atoms with Crippen LogP contribution >= 0.6 is 24.4 Å². The highest BCUT2D eigenvalue weighted by Crippen LogP contribution is 2.33. The van der Waals surface area contributed by atoms with Gasteiger partial charge < -0.3 is 15.1 Å². The SMILES string of the molecule is CCNC(=S)N/N=C(C)/C(=N\NC(=S)NC)c1ccc(CN2CCCC(C(F)(F)F)C2)o1. The van der Waals surface area contributed by atoms with E-state index in [9.17, 15) is 13.2 Å². The molecule has 0 spiro atoms. The fraction of sp³-hybridized carbons (Fsp3) is 0.579. The van der Waals surface area contributed by atoms with Crippen molar-refractivity contribution in [3.8, 4) is 0 Å². The highest BCUT2D eigenvalue weighted by Gasteiger charge is 2.41. The molecule has 1 aromatic heterocycles. The molecule has 1 atom stereocenters. The van der Waals surface area contributed by atoms with E-state index in [1.54, 1.807) is 31.0 Å². The number of hydrogen-bond acceptors (Lipinski definition) is 6. The van der Waals surface area contributed by atoms with Crippen molar-refractivity contribution in [2.45, 2.75) is 39.4 Å². The number of thiocarbonyl (C=S) groups is 2. The van der Waals surface area contributed by atoms with E-state index in [-0.39, 0.29) is 19.5 Å². The summed E-state index contributed by atoms with van der Waals surface area (Å²) in [4.78, 5) is 1.76. The van der Waals surface area contributed by atoms with E-state index in [0.29, 0.717) is 52.7 Å². The summed E-state index contributed by atoms with van der Waals surface area (Å²) in [6, 6.07) is 3.42. The second-order valence-electron chi connectivity index (χ2n) is 7.20. The summed E-state index contributed by atoms with van der Waals surface area (Å²) in [7, 11) is 1.65. The number of halogens is 3. The van der Waals surface area contributed by atoms with Crippen molar-refractivity contribution in [1.29, 1.82) is 0 Å². The zero-order valence-corrected chi connectivity index (χ0v) is 19.8. The lowest BCUT2D eigenvalue weighted by molar-refractivity contribution is -0.187. The Morgan fingerprint density at radius 2 is 1.94 bits per heavy atom. The van der Waals surface area contributed by atoms with Crippen molar-refractivity contribution in [1.82, 2.24) is 26.4 Å². The Morgan fingerprint density at radius 1 is 1.22 bits per heavy atom. The molecule has 1 saturated heterocycles. The molecule has 0 amide bonds. The number of nitrogens with one attached hydrogen (secondary N) is 4. The molecule has 0 radical (unpaired) electrons. The first-order valence-electron chi connectivity index (χ1n) is 10.2. The molecule has 1 aromatic rings. The van der Waals surface area contributed by atoms with Gasteiger partial charge in [-0.3, -0.25) is 15.8 Å². The molecule has 0 aromatic carbocycles. The van der Waals surface area contributed by atoms with Gasteiger partial charge in [-0.1, -0.05) is 0 Å². The fourth-order valence-electron chi connectivity index (χ4n) is 3.14. The molecule has 13 heteroatoms. The lowest BCUT2D eigenvalue weighted by atomic mass is 9.97. The van der Waals surface area contributed by atoms with E-state index < -0.39 is 12.1 Å². The standard InChI is InChI=1S/C19H28F3N7OS2/c1-4-24-18(32)28-25-12(2)16(26-27-17(31)23-3)15-8-7-14(30-15)11-29-9-5-6-13(10-29)19(20,21)22/h7-8,13H,4-6,9-11H2,1-3H3,(H2,23,27,31)(H2,24,28,32)/b25-12+,26-16+. The van der Waals surface area contributed by atoms with Crippen LogP contribution in [0, 0.1) is 5.92 Å². The number of piperidine rings is 1. The van der Waals surface area contributed by atoms with E-state index in [1.807, 2.05) is 6.92 Å². The first-order valence-corrected chi connectivity index (χ1v) is 11.0. The van der Waals surface area contributed by atoms with Crippen molar-refractivity contribution in [2.75, 3.05) is 26.7 Å². The van der Waals surface area contributed by atoms with Gasteiger partial charge in [0.25, 0.3) is 0 Å². The topological polar surface area (TPSA) is 89.2 Å². The Hall–Kier alpha value is -2.25. The maximum atomic E-state index is 13.1. The van der Waals surface area contributed by atoms with Crippen LogP contribution in [0.15, 0.2) is 26.8 Å². The molecule has 178 valence electrons. The lowest BCUT2D eigenvalue weighted by Crippen LogP contribution is -2.41. The molecule has 1 fully saturated rings. The summed E-state index contributed by atoms with van der Waals surface area (Å²) in [5.74, 6) is -0.376. The van der Waals surface area contributed by atoms with Gasteiger partial charge in [-0.15, -0.1) is 0 Å². The Morgan fingerprint density at radius 3 is 2.59 bits per heavy atom. The number of furan rings is 1. The molecule has 32 heavy (non-hydrogen) atoms. The Kier molecular flexibility index (Phi) is 9.84. The third-order valence-electron chi connectivity index (χ3n) is 4.74. The van der Waals surface area contributed by atoms with E-state index in [1.165, 1.54) is 0 Å². The van der Waals surface area contributed by atoms with Crippen LogP contribution in [0.1, 0.15) is 38.2 Å². The molecule has 2 heterocycles. The van der Waals surface area contributed by atoms with Crippen molar-refractivity contribution in [2.24, 2.45) is 16.1 Å².